The van der Waals surface area contributed by atoms with Crippen LogP contribution in [0, 0.1) is 0 Å². The van der Waals surface area contributed by atoms with Crippen molar-refractivity contribution in [1.29, 1.82) is 0 Å². The number of likely N-dealkylation sites (N-methyl/N-ethyl adjacent to an activating group) is 1. The van der Waals surface area contributed by atoms with Gasteiger partial charge in [-0.05, 0) is 13.0 Å². The maximum absolute atomic E-state index is 12.1. The average Bonchev–Trinajstić information content (AvgIpc) is 2.41. The van der Waals surface area contributed by atoms with Crippen molar-refractivity contribution in [2.45, 2.75) is 19.1 Å². The van der Waals surface area contributed by atoms with Gasteiger partial charge in [-0.25, -0.2) is 0 Å². The Bertz CT molecular complexity index is 360. The van der Waals surface area contributed by atoms with Crippen molar-refractivity contribution < 1.29 is 19.1 Å². The zero-order chi connectivity index (χ0) is 13.8. The lowest BCUT2D eigenvalue weighted by Gasteiger charge is -2.46. The lowest BCUT2D eigenvalue weighted by atomic mass is 10.1. The van der Waals surface area contributed by atoms with E-state index in [-0.39, 0.29) is 17.9 Å². The molecule has 2 heterocycles. The maximum atomic E-state index is 12.1. The van der Waals surface area contributed by atoms with Gasteiger partial charge in [-0.3, -0.25) is 9.59 Å². The van der Waals surface area contributed by atoms with Crippen LogP contribution in [0.2, 0.25) is 0 Å². The molecular formula is C13H20N2O4. The first-order valence-corrected chi connectivity index (χ1v) is 6.58. The predicted octanol–water partition coefficient (Wildman–Crippen LogP) is -0.353. The number of hydrogen-bond acceptors (Lipinski definition) is 4. The molecule has 1 atom stereocenters. The maximum Gasteiger partial charge on any atom is 0.254 e. The van der Waals surface area contributed by atoms with Gasteiger partial charge in [0.2, 0.25) is 5.91 Å². The summed E-state index contributed by atoms with van der Waals surface area (Å²) in [4.78, 5) is 27.1. The molecule has 0 bridgehead atoms. The molecule has 106 valence electrons. The van der Waals surface area contributed by atoms with Gasteiger partial charge in [-0.2, -0.15) is 0 Å². The van der Waals surface area contributed by atoms with Crippen LogP contribution < -0.4 is 0 Å². The van der Waals surface area contributed by atoms with Crippen molar-refractivity contribution in [2.24, 2.45) is 0 Å². The molecule has 2 saturated heterocycles. The highest BCUT2D eigenvalue weighted by Gasteiger charge is 2.39. The third-order valence-electron chi connectivity index (χ3n) is 3.50. The third-order valence-corrected chi connectivity index (χ3v) is 3.50. The zero-order valence-corrected chi connectivity index (χ0v) is 11.2. The Morgan fingerprint density at radius 1 is 1.42 bits per heavy atom. The van der Waals surface area contributed by atoms with E-state index in [0.717, 1.165) is 0 Å². The minimum absolute atomic E-state index is 0.0435. The van der Waals surface area contributed by atoms with E-state index in [9.17, 15) is 9.59 Å². The Hall–Kier alpha value is -1.40. The lowest BCUT2D eigenvalue weighted by molar-refractivity contribution is -0.166. The van der Waals surface area contributed by atoms with Crippen LogP contribution in [0.25, 0.3) is 0 Å². The van der Waals surface area contributed by atoms with Crippen LogP contribution in [-0.4, -0.2) is 73.2 Å². The first kappa shape index (κ1) is 14.0. The molecule has 2 rings (SSSR count). The summed E-state index contributed by atoms with van der Waals surface area (Å²) in [5.74, 6) is -0.130. The molecule has 2 amide bonds. The monoisotopic (exact) mass is 268 g/mol. The fourth-order valence-electron chi connectivity index (χ4n) is 2.38. The summed E-state index contributed by atoms with van der Waals surface area (Å²) in [5.41, 5.74) is 0. The number of rotatable bonds is 4. The molecule has 0 aromatic rings. The van der Waals surface area contributed by atoms with Gasteiger partial charge >= 0.3 is 0 Å². The van der Waals surface area contributed by atoms with Crippen LogP contribution in [-0.2, 0) is 19.1 Å². The minimum atomic E-state index is -0.486. The molecule has 0 spiro atoms. The highest BCUT2D eigenvalue weighted by molar-refractivity contribution is 5.88. The second-order valence-electron chi connectivity index (χ2n) is 4.66. The van der Waals surface area contributed by atoms with E-state index < -0.39 is 6.10 Å². The van der Waals surface area contributed by atoms with Crippen LogP contribution in [0.15, 0.2) is 12.7 Å². The normalized spacial score (nSPS) is 23.6. The summed E-state index contributed by atoms with van der Waals surface area (Å²) in [6.07, 6.45) is 0.825. The van der Waals surface area contributed by atoms with E-state index in [0.29, 0.717) is 39.5 Å². The minimum Gasteiger partial charge on any atom is -0.376 e. The Labute approximate surface area is 112 Å². The van der Waals surface area contributed by atoms with Crippen molar-refractivity contribution >= 4 is 11.8 Å². The number of amides is 2. The van der Waals surface area contributed by atoms with Crippen LogP contribution in [0.3, 0.4) is 0 Å². The summed E-state index contributed by atoms with van der Waals surface area (Å²) < 4.78 is 10.6. The lowest BCUT2D eigenvalue weighted by Crippen LogP contribution is -2.64. The quantitative estimate of drug-likeness (QED) is 0.654. The van der Waals surface area contributed by atoms with Gasteiger partial charge in [0.1, 0.15) is 0 Å². The van der Waals surface area contributed by atoms with E-state index in [4.69, 9.17) is 9.47 Å². The van der Waals surface area contributed by atoms with Crippen LogP contribution in [0.4, 0.5) is 0 Å². The van der Waals surface area contributed by atoms with E-state index >= 15 is 0 Å². The number of likely N-dealkylation sites (tertiary alicyclic amines) is 1. The van der Waals surface area contributed by atoms with Gasteiger partial charge in [-0.1, -0.05) is 6.58 Å². The van der Waals surface area contributed by atoms with Crippen LogP contribution in [0.5, 0.6) is 0 Å². The fourth-order valence-corrected chi connectivity index (χ4v) is 2.38. The van der Waals surface area contributed by atoms with Gasteiger partial charge in [0.05, 0.1) is 25.9 Å². The summed E-state index contributed by atoms with van der Waals surface area (Å²) >= 11 is 0. The van der Waals surface area contributed by atoms with Gasteiger partial charge in [0.25, 0.3) is 5.91 Å². The SMILES string of the molecule is C=CC(=O)N(CC)C1CN(C(=O)[C@H]2COCCO2)C1. The van der Waals surface area contributed by atoms with Gasteiger partial charge in [0, 0.05) is 19.6 Å². The predicted molar refractivity (Wildman–Crippen MR) is 68.5 cm³/mol. The molecule has 0 aliphatic carbocycles. The second-order valence-corrected chi connectivity index (χ2v) is 4.66. The van der Waals surface area contributed by atoms with Crippen molar-refractivity contribution in [3.8, 4) is 0 Å². The van der Waals surface area contributed by atoms with Gasteiger partial charge < -0.3 is 19.3 Å². The number of hydrogen-bond donors (Lipinski definition) is 0. The Balaban J connectivity index is 1.83. The first-order valence-electron chi connectivity index (χ1n) is 6.58. The highest BCUT2D eigenvalue weighted by atomic mass is 16.6. The molecule has 2 aliphatic heterocycles. The molecular weight excluding hydrogens is 248 g/mol. The molecule has 2 aliphatic rings. The molecule has 0 unspecified atom stereocenters. The highest BCUT2D eigenvalue weighted by Crippen LogP contribution is 2.18. The summed E-state index contributed by atoms with van der Waals surface area (Å²) in [6.45, 7) is 8.49. The Morgan fingerprint density at radius 3 is 2.68 bits per heavy atom. The topological polar surface area (TPSA) is 59.1 Å². The summed E-state index contributed by atoms with van der Waals surface area (Å²) in [6, 6.07) is 0.0870. The van der Waals surface area contributed by atoms with Gasteiger partial charge in [-0.15, -0.1) is 0 Å². The number of ether oxygens (including phenoxy) is 2. The fraction of sp³-hybridized carbons (Fsp3) is 0.692. The number of carbonyl (C=O) groups is 2. The third kappa shape index (κ3) is 2.96. The van der Waals surface area contributed by atoms with Crippen molar-refractivity contribution in [3.63, 3.8) is 0 Å². The average molecular weight is 268 g/mol. The van der Waals surface area contributed by atoms with E-state index in [2.05, 4.69) is 6.58 Å². The summed E-state index contributed by atoms with van der Waals surface area (Å²) in [7, 11) is 0. The second kappa shape index (κ2) is 6.16. The molecule has 6 heteroatoms. The van der Waals surface area contributed by atoms with Crippen molar-refractivity contribution in [3.05, 3.63) is 12.7 Å². The van der Waals surface area contributed by atoms with E-state index in [1.165, 1.54) is 6.08 Å². The molecule has 19 heavy (non-hydrogen) atoms. The molecule has 2 fully saturated rings. The van der Waals surface area contributed by atoms with Crippen LogP contribution in [0.1, 0.15) is 6.92 Å². The van der Waals surface area contributed by atoms with Gasteiger partial charge in [0.15, 0.2) is 6.10 Å². The molecule has 0 aromatic carbocycles. The Kier molecular flexibility index (Phi) is 4.55. The molecule has 0 N–H and O–H groups in total. The molecule has 6 nitrogen and oxygen atoms in total. The smallest absolute Gasteiger partial charge is 0.254 e. The zero-order valence-electron chi connectivity index (χ0n) is 11.2. The van der Waals surface area contributed by atoms with Crippen molar-refractivity contribution in [1.82, 2.24) is 9.80 Å². The molecule has 0 saturated carbocycles. The van der Waals surface area contributed by atoms with E-state index in [1.54, 1.807) is 9.80 Å². The van der Waals surface area contributed by atoms with Crippen molar-refractivity contribution in [2.75, 3.05) is 39.5 Å². The number of carbonyl (C=O) groups excluding carboxylic acids is 2. The van der Waals surface area contributed by atoms with E-state index in [1.807, 2.05) is 6.92 Å². The largest absolute Gasteiger partial charge is 0.376 e. The summed E-state index contributed by atoms with van der Waals surface area (Å²) in [5, 5.41) is 0. The number of nitrogens with zero attached hydrogens (tertiary/aromatic N) is 2. The van der Waals surface area contributed by atoms with Crippen LogP contribution >= 0.6 is 0 Å². The Morgan fingerprint density at radius 2 is 2.16 bits per heavy atom. The molecule has 0 aromatic heterocycles. The first-order chi connectivity index (χ1) is 9.17. The standard InChI is InChI=1S/C13H20N2O4/c1-3-12(16)15(4-2)10-7-14(8-10)13(17)11-9-18-5-6-19-11/h3,10-11H,1,4-9H2,2H3/t11-/m1/s1. The molecule has 0 radical (unpaired) electrons.